The quantitative estimate of drug-likeness (QED) is 0.424. The lowest BCUT2D eigenvalue weighted by Gasteiger charge is -2.06. The maximum Gasteiger partial charge on any atom is 0.180 e. The molecular weight excluding hydrogens is 342 g/mol. The molecule has 0 saturated heterocycles. The molecule has 0 aliphatic rings. The van der Waals surface area contributed by atoms with Gasteiger partial charge in [0.25, 0.3) is 0 Å². The molecule has 0 aliphatic carbocycles. The second kappa shape index (κ2) is 6.02. The molecule has 4 aromatic rings. The summed E-state index contributed by atoms with van der Waals surface area (Å²) < 4.78 is 6.36. The highest BCUT2D eigenvalue weighted by Gasteiger charge is 2.13. The fraction of sp³-hybridized carbons (Fsp3) is 0.0667. The van der Waals surface area contributed by atoms with Gasteiger partial charge in [0.1, 0.15) is 9.83 Å². The third-order valence-corrected chi connectivity index (χ3v) is 5.15. The van der Waals surface area contributed by atoms with E-state index >= 15 is 0 Å². The molecule has 4 rings (SSSR count). The van der Waals surface area contributed by atoms with Crippen LogP contribution in [0.1, 0.15) is 5.69 Å². The molecule has 7 nitrogen and oxygen atoms in total. The molecule has 0 aliphatic heterocycles. The maximum atomic E-state index is 4.48. The average Bonchev–Trinajstić information content (AvgIpc) is 3.29. The Labute approximate surface area is 145 Å². The molecule has 4 heterocycles. The molecule has 0 aromatic carbocycles. The standard InChI is InChI=1S/C15H13N7S2/c1-9(7-19-16-2)11-8-18-13-12(17-4-5-22(11)13)20-14-10-3-6-23-15(10)21-24-14/h3-8,16H,1H2,2H3,(H,17,20)/b19-7-. The molecule has 0 unspecified atom stereocenters. The van der Waals surface area contributed by atoms with Crippen molar-refractivity contribution in [3.63, 3.8) is 0 Å². The van der Waals surface area contributed by atoms with Crippen LogP contribution >= 0.6 is 22.9 Å². The van der Waals surface area contributed by atoms with Crippen LogP contribution in [0.4, 0.5) is 10.8 Å². The molecule has 120 valence electrons. The summed E-state index contributed by atoms with van der Waals surface area (Å²) in [5.74, 6) is 0.679. The summed E-state index contributed by atoms with van der Waals surface area (Å²) in [7, 11) is 1.74. The van der Waals surface area contributed by atoms with E-state index in [0.717, 1.165) is 32.1 Å². The summed E-state index contributed by atoms with van der Waals surface area (Å²) in [5, 5.41) is 11.4. The SMILES string of the molecule is C=C(/C=N\NC)c1cnc2c(Nc3snc4sccc34)nccn12. The Morgan fingerprint density at radius 3 is 3.21 bits per heavy atom. The van der Waals surface area contributed by atoms with Gasteiger partial charge in [0, 0.05) is 30.4 Å². The van der Waals surface area contributed by atoms with E-state index in [1.54, 1.807) is 37.0 Å². The van der Waals surface area contributed by atoms with Crippen LogP contribution in [0, 0.1) is 0 Å². The van der Waals surface area contributed by atoms with Gasteiger partial charge in [-0.3, -0.25) is 4.40 Å². The molecule has 0 radical (unpaired) electrons. The number of rotatable bonds is 5. The van der Waals surface area contributed by atoms with E-state index in [9.17, 15) is 0 Å². The summed E-state index contributed by atoms with van der Waals surface area (Å²) in [6.07, 6.45) is 7.01. The first kappa shape index (κ1) is 14.8. The van der Waals surface area contributed by atoms with Crippen LogP contribution in [0.2, 0.25) is 0 Å². The van der Waals surface area contributed by atoms with Crippen molar-refractivity contribution < 1.29 is 0 Å². The molecule has 9 heteroatoms. The van der Waals surface area contributed by atoms with Crippen LogP contribution in [0.3, 0.4) is 0 Å². The normalized spacial score (nSPS) is 11.5. The minimum atomic E-state index is 0.679. The van der Waals surface area contributed by atoms with Gasteiger partial charge >= 0.3 is 0 Å². The van der Waals surface area contributed by atoms with Gasteiger partial charge in [0.15, 0.2) is 11.5 Å². The average molecular weight is 355 g/mol. The van der Waals surface area contributed by atoms with Gasteiger partial charge in [-0.05, 0) is 23.0 Å². The van der Waals surface area contributed by atoms with Crippen LogP contribution in [-0.2, 0) is 0 Å². The van der Waals surface area contributed by atoms with Crippen molar-refractivity contribution in [3.8, 4) is 0 Å². The van der Waals surface area contributed by atoms with E-state index in [2.05, 4.69) is 42.8 Å². The Bertz CT molecular complexity index is 1060. The van der Waals surface area contributed by atoms with Crippen molar-refractivity contribution in [2.75, 3.05) is 12.4 Å². The highest BCUT2D eigenvalue weighted by atomic mass is 32.1. The molecule has 24 heavy (non-hydrogen) atoms. The number of nitrogens with zero attached hydrogens (tertiary/aromatic N) is 5. The zero-order valence-corrected chi connectivity index (χ0v) is 14.4. The van der Waals surface area contributed by atoms with Gasteiger partial charge in [0.2, 0.25) is 0 Å². The first-order valence-corrected chi connectivity index (χ1v) is 8.74. The lowest BCUT2D eigenvalue weighted by atomic mass is 10.2. The van der Waals surface area contributed by atoms with Crippen LogP contribution in [0.5, 0.6) is 0 Å². The summed E-state index contributed by atoms with van der Waals surface area (Å²) in [6.45, 7) is 4.03. The van der Waals surface area contributed by atoms with Gasteiger partial charge in [-0.25, -0.2) is 9.97 Å². The summed E-state index contributed by atoms with van der Waals surface area (Å²) >= 11 is 3.05. The molecule has 0 spiro atoms. The highest BCUT2D eigenvalue weighted by Crippen LogP contribution is 2.33. The van der Waals surface area contributed by atoms with Crippen molar-refractivity contribution in [2.24, 2.45) is 5.10 Å². The zero-order valence-electron chi connectivity index (χ0n) is 12.7. The smallest absolute Gasteiger partial charge is 0.180 e. The summed E-state index contributed by atoms with van der Waals surface area (Å²) in [6, 6.07) is 2.05. The highest BCUT2D eigenvalue weighted by molar-refractivity contribution is 7.21. The lowest BCUT2D eigenvalue weighted by Crippen LogP contribution is -2.00. The van der Waals surface area contributed by atoms with E-state index in [4.69, 9.17) is 0 Å². The van der Waals surface area contributed by atoms with Crippen LogP contribution in [-0.4, -0.2) is 32.0 Å². The van der Waals surface area contributed by atoms with E-state index in [0.29, 0.717) is 5.82 Å². The first-order valence-electron chi connectivity index (χ1n) is 7.09. The second-order valence-electron chi connectivity index (χ2n) is 4.90. The Morgan fingerprint density at radius 1 is 1.42 bits per heavy atom. The number of imidazole rings is 1. The van der Waals surface area contributed by atoms with E-state index in [1.165, 1.54) is 11.5 Å². The molecule has 4 aromatic heterocycles. The van der Waals surface area contributed by atoms with Gasteiger partial charge in [0.05, 0.1) is 18.1 Å². The Kier molecular flexibility index (Phi) is 3.71. The molecule has 0 fully saturated rings. The number of hydrogen-bond donors (Lipinski definition) is 2. The van der Waals surface area contributed by atoms with Crippen molar-refractivity contribution in [1.29, 1.82) is 0 Å². The number of aromatic nitrogens is 4. The number of anilines is 2. The van der Waals surface area contributed by atoms with Crippen molar-refractivity contribution >= 4 is 61.3 Å². The monoisotopic (exact) mass is 355 g/mol. The fourth-order valence-corrected chi connectivity index (χ4v) is 3.99. The number of allylic oxidation sites excluding steroid dienone is 1. The van der Waals surface area contributed by atoms with Crippen LogP contribution < -0.4 is 10.7 Å². The first-order chi connectivity index (χ1) is 11.8. The van der Waals surface area contributed by atoms with E-state index < -0.39 is 0 Å². The van der Waals surface area contributed by atoms with Gasteiger partial charge < -0.3 is 10.7 Å². The Balaban J connectivity index is 1.74. The second-order valence-corrected chi connectivity index (χ2v) is 6.56. The Morgan fingerprint density at radius 2 is 2.33 bits per heavy atom. The minimum Gasteiger partial charge on any atom is -0.327 e. The van der Waals surface area contributed by atoms with E-state index in [-0.39, 0.29) is 0 Å². The number of hydrogen-bond acceptors (Lipinski definition) is 8. The van der Waals surface area contributed by atoms with Crippen LogP contribution in [0.25, 0.3) is 21.4 Å². The summed E-state index contributed by atoms with van der Waals surface area (Å²) in [4.78, 5) is 9.92. The topological polar surface area (TPSA) is 79.5 Å². The van der Waals surface area contributed by atoms with Crippen molar-refractivity contribution in [3.05, 3.63) is 42.3 Å². The minimum absolute atomic E-state index is 0.679. The largest absolute Gasteiger partial charge is 0.327 e. The maximum absolute atomic E-state index is 4.48. The molecule has 0 amide bonds. The predicted octanol–water partition coefficient (Wildman–Crippen LogP) is 3.36. The Hall–Kier alpha value is -2.78. The third-order valence-electron chi connectivity index (χ3n) is 3.45. The predicted molar refractivity (Wildman–Crippen MR) is 100 cm³/mol. The van der Waals surface area contributed by atoms with Gasteiger partial charge in [-0.15, -0.1) is 11.3 Å². The van der Waals surface area contributed by atoms with Gasteiger partial charge in [-0.1, -0.05) is 6.58 Å². The van der Waals surface area contributed by atoms with Crippen LogP contribution in [0.15, 0.2) is 41.7 Å². The van der Waals surface area contributed by atoms with Gasteiger partial charge in [-0.2, -0.15) is 9.47 Å². The van der Waals surface area contributed by atoms with Crippen molar-refractivity contribution in [1.82, 2.24) is 24.2 Å². The van der Waals surface area contributed by atoms with E-state index in [1.807, 2.05) is 16.0 Å². The summed E-state index contributed by atoms with van der Waals surface area (Å²) in [5.41, 5.74) is 5.06. The molecule has 0 bridgehead atoms. The number of thiophene rings is 1. The zero-order chi connectivity index (χ0) is 16.5. The van der Waals surface area contributed by atoms with Crippen molar-refractivity contribution in [2.45, 2.75) is 0 Å². The molecule has 2 N–H and O–H groups in total. The lowest BCUT2D eigenvalue weighted by molar-refractivity contribution is 0.909. The number of fused-ring (bicyclic) bond motifs is 2. The number of nitrogens with one attached hydrogen (secondary N) is 2. The molecular formula is C15H13N7S2. The molecule has 0 atom stereocenters. The fourth-order valence-electron chi connectivity index (χ4n) is 2.33. The number of hydrazone groups is 1. The molecule has 0 saturated carbocycles. The third kappa shape index (κ3) is 2.43.